The van der Waals surface area contributed by atoms with Crippen LogP contribution in [-0.4, -0.2) is 0 Å². The highest BCUT2D eigenvalue weighted by Gasteiger charge is 2.51. The fourth-order valence-corrected chi connectivity index (χ4v) is 12.7. The van der Waals surface area contributed by atoms with E-state index in [2.05, 4.69) is 241 Å². The molecule has 0 bridgehead atoms. The van der Waals surface area contributed by atoms with Crippen LogP contribution in [0.4, 0.5) is 17.1 Å². The number of hydrogen-bond acceptors (Lipinski definition) is 2. The van der Waals surface area contributed by atoms with E-state index in [1.54, 1.807) is 0 Å². The topological polar surface area (TPSA) is 3.24 Å². The van der Waals surface area contributed by atoms with Crippen LogP contribution in [0.2, 0.25) is 0 Å². The highest BCUT2D eigenvalue weighted by Crippen LogP contribution is 2.64. The summed E-state index contributed by atoms with van der Waals surface area (Å²) >= 11 is 1.87. The molecule has 1 nitrogen and oxygen atoms in total. The zero-order valence-electron chi connectivity index (χ0n) is 35.4. The van der Waals surface area contributed by atoms with E-state index in [1.807, 2.05) is 11.3 Å². The van der Waals surface area contributed by atoms with Gasteiger partial charge in [0.1, 0.15) is 0 Å². The third-order valence-corrected chi connectivity index (χ3v) is 15.4. The maximum Gasteiger partial charge on any atom is 0.0732 e. The van der Waals surface area contributed by atoms with E-state index >= 15 is 0 Å². The molecule has 1 aromatic heterocycles. The Balaban J connectivity index is 1.08. The van der Waals surface area contributed by atoms with Crippen molar-refractivity contribution in [1.29, 1.82) is 0 Å². The van der Waals surface area contributed by atoms with Gasteiger partial charge in [0.15, 0.2) is 0 Å². The third-order valence-electron chi connectivity index (χ3n) is 14.3. The van der Waals surface area contributed by atoms with Crippen LogP contribution in [0.5, 0.6) is 0 Å². The van der Waals surface area contributed by atoms with Crippen molar-refractivity contribution in [1.82, 2.24) is 0 Å². The monoisotopic (exact) mass is 841 g/mol. The first kappa shape index (κ1) is 36.4. The van der Waals surface area contributed by atoms with Crippen LogP contribution in [0, 0.1) is 0 Å². The van der Waals surface area contributed by atoms with Crippen LogP contribution in [0.1, 0.15) is 22.3 Å². The van der Waals surface area contributed by atoms with E-state index in [-0.39, 0.29) is 0 Å². The van der Waals surface area contributed by atoms with E-state index < -0.39 is 5.41 Å². The van der Waals surface area contributed by atoms with E-state index in [1.165, 1.54) is 108 Å². The number of thiophene rings is 1. The minimum Gasteiger partial charge on any atom is -0.310 e. The lowest BCUT2D eigenvalue weighted by atomic mass is 9.60. The Kier molecular flexibility index (Phi) is 7.84. The van der Waals surface area contributed by atoms with Gasteiger partial charge >= 0.3 is 0 Å². The second-order valence-electron chi connectivity index (χ2n) is 17.5. The van der Waals surface area contributed by atoms with Crippen molar-refractivity contribution in [2.24, 2.45) is 0 Å². The lowest BCUT2D eigenvalue weighted by molar-refractivity contribution is 0.775. The van der Waals surface area contributed by atoms with Crippen molar-refractivity contribution in [2.45, 2.75) is 5.41 Å². The van der Waals surface area contributed by atoms with Crippen molar-refractivity contribution in [3.05, 3.63) is 259 Å². The van der Waals surface area contributed by atoms with Crippen LogP contribution < -0.4 is 4.90 Å². The van der Waals surface area contributed by atoms with Crippen molar-refractivity contribution in [3.63, 3.8) is 0 Å². The second kappa shape index (κ2) is 14.0. The molecule has 302 valence electrons. The van der Waals surface area contributed by atoms with Gasteiger partial charge in [-0.25, -0.2) is 0 Å². The summed E-state index contributed by atoms with van der Waals surface area (Å²) in [5.74, 6) is 0. The molecule has 2 aliphatic rings. The van der Waals surface area contributed by atoms with Gasteiger partial charge in [0.25, 0.3) is 0 Å². The molecule has 12 aromatic rings. The summed E-state index contributed by atoms with van der Waals surface area (Å²) in [7, 11) is 0. The number of fused-ring (bicyclic) bond motifs is 13. The molecule has 11 aromatic carbocycles. The quantitative estimate of drug-likeness (QED) is 0.167. The van der Waals surface area contributed by atoms with E-state index in [9.17, 15) is 0 Å². The predicted octanol–water partition coefficient (Wildman–Crippen LogP) is 17.5. The standard InChI is InChI=1S/C63H39NS/c1-2-14-40(15-3-1)41-28-31-44(32-29-41)64(46-34-37-53-52-22-8-11-27-59(52)65-60(53)39-46)45-33-36-51-49-20-6-9-25-56(49)63(58(51)38-45)57-26-10-7-21-50(57)54-24-13-18-43-30-35-55(62(63)61(43)54)48-23-12-17-42-16-4-5-19-47(42)48/h1-39H. The molecular weight excluding hydrogens is 803 g/mol. The zero-order valence-corrected chi connectivity index (χ0v) is 36.2. The number of anilines is 3. The van der Waals surface area contributed by atoms with Gasteiger partial charge in [-0.2, -0.15) is 0 Å². The first-order chi connectivity index (χ1) is 32.2. The van der Waals surface area contributed by atoms with Gasteiger partial charge < -0.3 is 4.90 Å². The number of rotatable bonds is 5. The van der Waals surface area contributed by atoms with E-state index in [0.29, 0.717) is 0 Å². The van der Waals surface area contributed by atoms with Gasteiger partial charge in [-0.1, -0.05) is 194 Å². The molecule has 0 radical (unpaired) electrons. The van der Waals surface area contributed by atoms with Gasteiger partial charge in [-0.3, -0.25) is 0 Å². The SMILES string of the molecule is c1ccc(-c2ccc(N(c3ccc4c(c3)C3(c5ccccc5-4)c4ccccc4-c4cccc5ccc(-c6cccc7ccccc67)c3c45)c3ccc4c(c3)sc3ccccc34)cc2)cc1. The predicted molar refractivity (Wildman–Crippen MR) is 276 cm³/mol. The Morgan fingerprint density at radius 2 is 0.862 bits per heavy atom. The Hall–Kier alpha value is -8.04. The molecule has 0 aliphatic heterocycles. The molecule has 1 spiro atoms. The van der Waals surface area contributed by atoms with E-state index in [0.717, 1.165) is 17.1 Å². The lowest BCUT2D eigenvalue weighted by Crippen LogP contribution is -2.32. The van der Waals surface area contributed by atoms with Crippen LogP contribution in [0.3, 0.4) is 0 Å². The smallest absolute Gasteiger partial charge is 0.0732 e. The minimum absolute atomic E-state index is 0.628. The van der Waals surface area contributed by atoms with Gasteiger partial charge in [0.05, 0.1) is 5.41 Å². The number of hydrogen-bond donors (Lipinski definition) is 0. The van der Waals surface area contributed by atoms with Gasteiger partial charge in [0, 0.05) is 37.2 Å². The lowest BCUT2D eigenvalue weighted by Gasteiger charge is -2.42. The summed E-state index contributed by atoms with van der Waals surface area (Å²) in [4.78, 5) is 2.48. The van der Waals surface area contributed by atoms with Crippen LogP contribution in [0.15, 0.2) is 237 Å². The van der Waals surface area contributed by atoms with Crippen LogP contribution in [0.25, 0.3) is 86.2 Å². The Morgan fingerprint density at radius 1 is 0.308 bits per heavy atom. The van der Waals surface area contributed by atoms with Crippen LogP contribution in [-0.2, 0) is 5.41 Å². The second-order valence-corrected chi connectivity index (χ2v) is 18.6. The summed E-state index contributed by atoms with van der Waals surface area (Å²) in [6, 6.07) is 88.7. The summed E-state index contributed by atoms with van der Waals surface area (Å²) in [6.45, 7) is 0. The molecular formula is C63H39NS. The summed E-state index contributed by atoms with van der Waals surface area (Å²) in [6.07, 6.45) is 0. The highest BCUT2D eigenvalue weighted by molar-refractivity contribution is 7.25. The summed E-state index contributed by atoms with van der Waals surface area (Å²) in [5, 5.41) is 7.70. The molecule has 14 rings (SSSR count). The Labute approximate surface area is 381 Å². The molecule has 0 saturated carbocycles. The number of nitrogens with zero attached hydrogens (tertiary/aromatic N) is 1. The van der Waals surface area contributed by atoms with Crippen molar-refractivity contribution < 1.29 is 0 Å². The molecule has 0 fully saturated rings. The molecule has 0 N–H and O–H groups in total. The molecule has 0 saturated heterocycles. The average molecular weight is 842 g/mol. The maximum atomic E-state index is 2.53. The molecule has 1 heterocycles. The largest absolute Gasteiger partial charge is 0.310 e. The zero-order chi connectivity index (χ0) is 42.6. The van der Waals surface area contributed by atoms with Crippen molar-refractivity contribution in [3.8, 4) is 44.5 Å². The highest BCUT2D eigenvalue weighted by atomic mass is 32.1. The normalized spacial score (nSPS) is 14.5. The van der Waals surface area contributed by atoms with Crippen LogP contribution >= 0.6 is 11.3 Å². The molecule has 1 atom stereocenters. The Morgan fingerprint density at radius 3 is 1.69 bits per heavy atom. The van der Waals surface area contributed by atoms with Crippen molar-refractivity contribution >= 4 is 70.1 Å². The van der Waals surface area contributed by atoms with Gasteiger partial charge in [-0.15, -0.1) is 11.3 Å². The molecule has 2 aliphatic carbocycles. The van der Waals surface area contributed by atoms with Gasteiger partial charge in [-0.05, 0) is 131 Å². The molecule has 0 amide bonds. The third kappa shape index (κ3) is 5.20. The molecule has 1 unspecified atom stereocenters. The maximum absolute atomic E-state index is 2.53. The number of benzene rings is 11. The summed E-state index contributed by atoms with van der Waals surface area (Å²) < 4.78 is 2.59. The van der Waals surface area contributed by atoms with Gasteiger partial charge in [0.2, 0.25) is 0 Å². The average Bonchev–Trinajstić information content (AvgIpc) is 3.89. The minimum atomic E-state index is -0.628. The van der Waals surface area contributed by atoms with Crippen molar-refractivity contribution in [2.75, 3.05) is 4.90 Å². The summed E-state index contributed by atoms with van der Waals surface area (Å²) in [5.41, 5.74) is 18.1. The first-order valence-electron chi connectivity index (χ1n) is 22.5. The van der Waals surface area contributed by atoms with E-state index in [4.69, 9.17) is 0 Å². The fraction of sp³-hybridized carbons (Fsp3) is 0.0159. The molecule has 2 heteroatoms. The fourth-order valence-electron chi connectivity index (χ4n) is 11.6. The Bertz CT molecular complexity index is 3890. The first-order valence-corrected chi connectivity index (χ1v) is 23.3. The molecule has 65 heavy (non-hydrogen) atoms.